The molecule has 0 spiro atoms. The Balaban J connectivity index is 1.77. The zero-order valence-electron chi connectivity index (χ0n) is 12.4. The molecule has 1 aliphatic heterocycles. The molecule has 2 aromatic rings. The molecule has 1 aliphatic rings. The van der Waals surface area contributed by atoms with Crippen LogP contribution in [0, 0.1) is 11.8 Å². The Morgan fingerprint density at radius 1 is 1.10 bits per heavy atom. The zero-order valence-corrected chi connectivity index (χ0v) is 13.2. The van der Waals surface area contributed by atoms with E-state index in [-0.39, 0.29) is 0 Å². The van der Waals surface area contributed by atoms with Gasteiger partial charge in [0.25, 0.3) is 4.84 Å². The van der Waals surface area contributed by atoms with Gasteiger partial charge in [-0.15, -0.1) is 5.10 Å². The Bertz CT molecular complexity index is 636. The topological polar surface area (TPSA) is 34.2 Å². The Morgan fingerprint density at radius 3 is 2.43 bits per heavy atom. The van der Waals surface area contributed by atoms with Crippen molar-refractivity contribution in [2.75, 3.05) is 13.1 Å². The maximum Gasteiger partial charge on any atom is 0.288 e. The molecule has 1 fully saturated rings. The van der Waals surface area contributed by atoms with E-state index in [1.165, 1.54) is 31.2 Å². The van der Waals surface area contributed by atoms with E-state index in [2.05, 4.69) is 29.1 Å². The monoisotopic (exact) mass is 303 g/mol. The van der Waals surface area contributed by atoms with Crippen molar-refractivity contribution < 1.29 is 4.42 Å². The second kappa shape index (κ2) is 6.54. The Kier molecular flexibility index (Phi) is 4.51. The van der Waals surface area contributed by atoms with Gasteiger partial charge in [0.2, 0.25) is 5.89 Å². The van der Waals surface area contributed by atoms with Gasteiger partial charge in [-0.2, -0.15) is 0 Å². The second-order valence-electron chi connectivity index (χ2n) is 5.71. The Morgan fingerprint density at radius 2 is 1.76 bits per heavy atom. The van der Waals surface area contributed by atoms with Crippen LogP contribution in [-0.2, 0) is 6.67 Å². The van der Waals surface area contributed by atoms with Crippen molar-refractivity contribution in [3.63, 3.8) is 0 Å². The van der Waals surface area contributed by atoms with Crippen LogP contribution in [0.1, 0.15) is 31.2 Å². The van der Waals surface area contributed by atoms with E-state index >= 15 is 0 Å². The van der Waals surface area contributed by atoms with Crippen molar-refractivity contribution in [2.45, 2.75) is 39.3 Å². The quantitative estimate of drug-likeness (QED) is 0.802. The van der Waals surface area contributed by atoms with Crippen LogP contribution in [0.5, 0.6) is 0 Å². The van der Waals surface area contributed by atoms with Crippen LogP contribution < -0.4 is 0 Å². The maximum absolute atomic E-state index is 5.65. The van der Waals surface area contributed by atoms with Gasteiger partial charge in [-0.05, 0) is 57.2 Å². The summed E-state index contributed by atoms with van der Waals surface area (Å²) in [6, 6.07) is 8.15. The number of aromatic nitrogens is 2. The van der Waals surface area contributed by atoms with Gasteiger partial charge >= 0.3 is 0 Å². The molecule has 5 heteroatoms. The molecule has 2 heterocycles. The highest BCUT2D eigenvalue weighted by atomic mass is 32.1. The third kappa shape index (κ3) is 3.60. The van der Waals surface area contributed by atoms with Crippen LogP contribution in [0.15, 0.2) is 28.7 Å². The number of rotatable bonds is 3. The highest BCUT2D eigenvalue weighted by molar-refractivity contribution is 7.71. The molecule has 4 nitrogen and oxygen atoms in total. The standard InChI is InChI=1S/C16H21N3OS/c1-13-6-8-14(9-7-13)15-17-19(16(21)20-15)12-18-10-4-2-3-5-11-18/h6-9H,2-5,10-12H2,1H3. The van der Waals surface area contributed by atoms with Gasteiger partial charge < -0.3 is 4.42 Å². The predicted molar refractivity (Wildman–Crippen MR) is 85.5 cm³/mol. The van der Waals surface area contributed by atoms with Gasteiger partial charge in [0, 0.05) is 5.56 Å². The van der Waals surface area contributed by atoms with E-state index in [1.807, 2.05) is 12.1 Å². The number of aryl methyl sites for hydroxylation is 1. The summed E-state index contributed by atoms with van der Waals surface area (Å²) in [6.45, 7) is 5.04. The van der Waals surface area contributed by atoms with Gasteiger partial charge in [-0.1, -0.05) is 30.5 Å². The van der Waals surface area contributed by atoms with Crippen LogP contribution in [0.2, 0.25) is 0 Å². The first kappa shape index (κ1) is 14.5. The minimum absolute atomic E-state index is 0.454. The highest BCUT2D eigenvalue weighted by Gasteiger charge is 2.13. The number of likely N-dealkylation sites (tertiary alicyclic amines) is 1. The summed E-state index contributed by atoms with van der Waals surface area (Å²) >= 11 is 5.31. The molecule has 0 N–H and O–H groups in total. The van der Waals surface area contributed by atoms with Crippen molar-refractivity contribution in [2.24, 2.45) is 0 Å². The third-order valence-electron chi connectivity index (χ3n) is 3.94. The fraction of sp³-hybridized carbons (Fsp3) is 0.500. The first-order chi connectivity index (χ1) is 10.2. The second-order valence-corrected chi connectivity index (χ2v) is 6.06. The van der Waals surface area contributed by atoms with Crippen LogP contribution in [0.3, 0.4) is 0 Å². The first-order valence-corrected chi connectivity index (χ1v) is 8.00. The molecule has 1 aromatic carbocycles. The van der Waals surface area contributed by atoms with Crippen molar-refractivity contribution in [3.8, 4) is 11.5 Å². The van der Waals surface area contributed by atoms with Crippen molar-refractivity contribution in [3.05, 3.63) is 34.7 Å². The van der Waals surface area contributed by atoms with Gasteiger partial charge in [-0.25, -0.2) is 4.68 Å². The number of hydrogen-bond acceptors (Lipinski definition) is 4. The molecule has 21 heavy (non-hydrogen) atoms. The van der Waals surface area contributed by atoms with Crippen LogP contribution in [0.4, 0.5) is 0 Å². The van der Waals surface area contributed by atoms with E-state index in [0.717, 1.165) is 25.3 Å². The lowest BCUT2D eigenvalue weighted by molar-refractivity contribution is 0.211. The molecule has 0 bridgehead atoms. The molecule has 112 valence electrons. The van der Waals surface area contributed by atoms with Crippen molar-refractivity contribution in [1.29, 1.82) is 0 Å². The average molecular weight is 303 g/mol. The van der Waals surface area contributed by atoms with E-state index in [1.54, 1.807) is 4.68 Å². The lowest BCUT2D eigenvalue weighted by Crippen LogP contribution is -2.28. The summed E-state index contributed by atoms with van der Waals surface area (Å²) in [7, 11) is 0. The zero-order chi connectivity index (χ0) is 14.7. The molecule has 0 aliphatic carbocycles. The molecular weight excluding hydrogens is 282 g/mol. The van der Waals surface area contributed by atoms with Gasteiger partial charge in [0.15, 0.2) is 0 Å². The maximum atomic E-state index is 5.65. The SMILES string of the molecule is Cc1ccc(-c2nn(CN3CCCCCC3)c(=S)o2)cc1. The molecule has 0 radical (unpaired) electrons. The fourth-order valence-electron chi connectivity index (χ4n) is 2.68. The summed E-state index contributed by atoms with van der Waals surface area (Å²) < 4.78 is 7.45. The Hall–Kier alpha value is -1.46. The molecule has 0 unspecified atom stereocenters. The smallest absolute Gasteiger partial charge is 0.288 e. The average Bonchev–Trinajstić information content (AvgIpc) is 2.69. The van der Waals surface area contributed by atoms with Crippen LogP contribution in [-0.4, -0.2) is 27.8 Å². The predicted octanol–water partition coefficient (Wildman–Crippen LogP) is 4.01. The van der Waals surface area contributed by atoms with E-state index in [9.17, 15) is 0 Å². The molecular formula is C16H21N3OS. The lowest BCUT2D eigenvalue weighted by Gasteiger charge is -2.18. The number of benzene rings is 1. The van der Waals surface area contributed by atoms with Gasteiger partial charge in [-0.3, -0.25) is 4.90 Å². The van der Waals surface area contributed by atoms with Gasteiger partial charge in [0.1, 0.15) is 0 Å². The first-order valence-electron chi connectivity index (χ1n) is 7.60. The highest BCUT2D eigenvalue weighted by Crippen LogP contribution is 2.19. The normalized spacial score (nSPS) is 16.8. The third-order valence-corrected chi connectivity index (χ3v) is 4.23. The van der Waals surface area contributed by atoms with Crippen molar-refractivity contribution in [1.82, 2.24) is 14.7 Å². The summed E-state index contributed by atoms with van der Waals surface area (Å²) in [5.74, 6) is 0.606. The molecule has 1 saturated heterocycles. The largest absolute Gasteiger partial charge is 0.409 e. The molecule has 0 saturated carbocycles. The minimum Gasteiger partial charge on any atom is -0.409 e. The van der Waals surface area contributed by atoms with E-state index in [4.69, 9.17) is 16.6 Å². The summed E-state index contributed by atoms with van der Waals surface area (Å²) in [4.78, 5) is 2.86. The summed E-state index contributed by atoms with van der Waals surface area (Å²) in [5, 5.41) is 4.54. The lowest BCUT2D eigenvalue weighted by atomic mass is 10.1. The summed E-state index contributed by atoms with van der Waals surface area (Å²) in [6.07, 6.45) is 5.18. The molecule has 0 amide bonds. The molecule has 1 aromatic heterocycles. The minimum atomic E-state index is 0.454. The van der Waals surface area contributed by atoms with E-state index in [0.29, 0.717) is 10.7 Å². The fourth-order valence-corrected chi connectivity index (χ4v) is 2.85. The van der Waals surface area contributed by atoms with Crippen LogP contribution >= 0.6 is 12.2 Å². The number of nitrogens with zero attached hydrogens (tertiary/aromatic N) is 3. The Labute approximate surface area is 130 Å². The van der Waals surface area contributed by atoms with E-state index < -0.39 is 0 Å². The molecule has 3 rings (SSSR count). The number of hydrogen-bond donors (Lipinski definition) is 0. The van der Waals surface area contributed by atoms with Gasteiger partial charge in [0.05, 0.1) is 6.67 Å². The van der Waals surface area contributed by atoms with Crippen LogP contribution in [0.25, 0.3) is 11.5 Å². The molecule has 0 atom stereocenters. The summed E-state index contributed by atoms with van der Waals surface area (Å²) in [5.41, 5.74) is 2.20. The van der Waals surface area contributed by atoms with Crippen molar-refractivity contribution >= 4 is 12.2 Å².